The molecule has 5 heteroatoms. The number of carbonyl (C=O) groups is 1. The van der Waals surface area contributed by atoms with E-state index in [-0.39, 0.29) is 0 Å². The van der Waals surface area contributed by atoms with Gasteiger partial charge in [0.1, 0.15) is 6.04 Å². The van der Waals surface area contributed by atoms with Gasteiger partial charge in [0.2, 0.25) is 0 Å². The minimum atomic E-state index is -0.760. The van der Waals surface area contributed by atoms with Gasteiger partial charge >= 0.3 is 5.97 Å². The molecule has 0 radical (unpaired) electrons. The van der Waals surface area contributed by atoms with Crippen LogP contribution in [0.15, 0.2) is 15.9 Å². The minimum absolute atomic E-state index is 0.430. The largest absolute Gasteiger partial charge is 0.480 e. The number of aliphatic carboxylic acids is 1. The fraction of sp³-hybridized carbons (Fsp3) is 0.545. The summed E-state index contributed by atoms with van der Waals surface area (Å²) in [5.74, 6) is -0.760. The van der Waals surface area contributed by atoms with Crippen LogP contribution in [0.1, 0.15) is 31.1 Å². The highest BCUT2D eigenvalue weighted by Gasteiger charge is 2.15. The minimum Gasteiger partial charge on any atom is -0.480 e. The monoisotopic (exact) mass is 305 g/mol. The van der Waals surface area contributed by atoms with Crippen LogP contribution < -0.4 is 5.32 Å². The zero-order valence-electron chi connectivity index (χ0n) is 9.20. The maximum atomic E-state index is 11.0. The van der Waals surface area contributed by atoms with E-state index in [9.17, 15) is 4.79 Å². The zero-order chi connectivity index (χ0) is 12.0. The van der Waals surface area contributed by atoms with E-state index in [0.29, 0.717) is 13.0 Å². The van der Waals surface area contributed by atoms with E-state index in [0.717, 1.165) is 22.2 Å². The first-order valence-corrected chi connectivity index (χ1v) is 7.00. The first-order valence-electron chi connectivity index (χ1n) is 5.32. The molecule has 0 aliphatic carbocycles. The Morgan fingerprint density at radius 3 is 2.94 bits per heavy atom. The molecule has 3 nitrogen and oxygen atoms in total. The topological polar surface area (TPSA) is 49.3 Å². The molecule has 1 atom stereocenters. The maximum Gasteiger partial charge on any atom is 0.320 e. The highest BCUT2D eigenvalue weighted by Crippen LogP contribution is 2.19. The molecule has 1 unspecified atom stereocenters. The Bertz CT molecular complexity index is 340. The van der Waals surface area contributed by atoms with Gasteiger partial charge in [0.15, 0.2) is 0 Å². The molecule has 0 aliphatic heterocycles. The number of hydrogen-bond donors (Lipinski definition) is 2. The highest BCUT2D eigenvalue weighted by molar-refractivity contribution is 9.10. The third-order valence-electron chi connectivity index (χ3n) is 2.29. The second kappa shape index (κ2) is 7.04. The highest BCUT2D eigenvalue weighted by atomic mass is 79.9. The summed E-state index contributed by atoms with van der Waals surface area (Å²) in [6.45, 7) is 2.69. The Morgan fingerprint density at radius 2 is 2.44 bits per heavy atom. The van der Waals surface area contributed by atoms with Crippen molar-refractivity contribution in [3.05, 3.63) is 20.8 Å². The average Bonchev–Trinajstić information content (AvgIpc) is 2.64. The number of thiophene rings is 1. The third kappa shape index (κ3) is 4.63. The number of unbranched alkanes of at least 4 members (excludes halogenated alkanes) is 1. The molecule has 1 aromatic rings. The van der Waals surface area contributed by atoms with Crippen molar-refractivity contribution in [2.75, 3.05) is 0 Å². The van der Waals surface area contributed by atoms with E-state index in [4.69, 9.17) is 5.11 Å². The number of rotatable bonds is 7. The Morgan fingerprint density at radius 1 is 1.69 bits per heavy atom. The summed E-state index contributed by atoms with van der Waals surface area (Å²) in [5.41, 5.74) is 0. The lowest BCUT2D eigenvalue weighted by molar-refractivity contribution is -0.139. The van der Waals surface area contributed by atoms with Crippen molar-refractivity contribution in [2.45, 2.75) is 38.8 Å². The molecule has 2 N–H and O–H groups in total. The summed E-state index contributed by atoms with van der Waals surface area (Å²) in [5, 5.41) is 14.1. The SMILES string of the molecule is CCCCC(NCc1cc(Br)cs1)C(=O)O. The van der Waals surface area contributed by atoms with Gasteiger partial charge in [-0.15, -0.1) is 11.3 Å². The van der Waals surface area contributed by atoms with Gasteiger partial charge in [-0.05, 0) is 28.4 Å². The molecule has 0 aliphatic rings. The summed E-state index contributed by atoms with van der Waals surface area (Å²) in [6.07, 6.45) is 2.66. The van der Waals surface area contributed by atoms with Gasteiger partial charge in [-0.2, -0.15) is 0 Å². The predicted molar refractivity (Wildman–Crippen MR) is 69.8 cm³/mol. The Hall–Kier alpha value is -0.390. The van der Waals surface area contributed by atoms with E-state index >= 15 is 0 Å². The molecule has 1 rings (SSSR count). The Kier molecular flexibility index (Phi) is 6.01. The predicted octanol–water partition coefficient (Wildman–Crippen LogP) is 3.24. The fourth-order valence-corrected chi connectivity index (χ4v) is 2.79. The molecule has 0 saturated carbocycles. The molecule has 0 bridgehead atoms. The number of carboxylic acid groups (broad SMARTS) is 1. The molecule has 0 amide bonds. The first-order chi connectivity index (χ1) is 7.63. The van der Waals surface area contributed by atoms with Gasteiger partial charge in [0, 0.05) is 21.3 Å². The van der Waals surface area contributed by atoms with Crippen LogP contribution in [0.5, 0.6) is 0 Å². The summed E-state index contributed by atoms with van der Waals surface area (Å²) in [6, 6.07) is 1.58. The van der Waals surface area contributed by atoms with Crippen LogP contribution in [-0.4, -0.2) is 17.1 Å². The van der Waals surface area contributed by atoms with Gasteiger partial charge < -0.3 is 5.11 Å². The molecule has 0 aromatic carbocycles. The summed E-state index contributed by atoms with van der Waals surface area (Å²) in [7, 11) is 0. The van der Waals surface area contributed by atoms with Gasteiger partial charge in [-0.3, -0.25) is 10.1 Å². The smallest absolute Gasteiger partial charge is 0.320 e. The second-order valence-electron chi connectivity index (χ2n) is 3.65. The standard InChI is InChI=1S/C11H16BrNO2S/c1-2-3-4-10(11(14)15)13-6-9-5-8(12)7-16-9/h5,7,10,13H,2-4,6H2,1H3,(H,14,15). The molecular weight excluding hydrogens is 290 g/mol. The van der Waals surface area contributed by atoms with Gasteiger partial charge in [0.05, 0.1) is 0 Å². The molecular formula is C11H16BrNO2S. The van der Waals surface area contributed by atoms with Crippen molar-refractivity contribution in [1.29, 1.82) is 0 Å². The Balaban J connectivity index is 2.40. The van der Waals surface area contributed by atoms with Gasteiger partial charge in [-0.25, -0.2) is 0 Å². The lowest BCUT2D eigenvalue weighted by Crippen LogP contribution is -2.35. The van der Waals surface area contributed by atoms with Crippen molar-refractivity contribution >= 4 is 33.2 Å². The zero-order valence-corrected chi connectivity index (χ0v) is 11.6. The number of nitrogens with one attached hydrogen (secondary N) is 1. The van der Waals surface area contributed by atoms with Gasteiger partial charge in [-0.1, -0.05) is 19.8 Å². The lowest BCUT2D eigenvalue weighted by Gasteiger charge is -2.12. The van der Waals surface area contributed by atoms with E-state index in [1.54, 1.807) is 11.3 Å². The van der Waals surface area contributed by atoms with Crippen molar-refractivity contribution in [3.63, 3.8) is 0 Å². The van der Waals surface area contributed by atoms with Crippen LogP contribution in [0.3, 0.4) is 0 Å². The van der Waals surface area contributed by atoms with E-state index < -0.39 is 12.0 Å². The number of halogens is 1. The molecule has 0 saturated heterocycles. The van der Waals surface area contributed by atoms with Crippen LogP contribution >= 0.6 is 27.3 Å². The maximum absolute atomic E-state index is 11.0. The number of carboxylic acids is 1. The van der Waals surface area contributed by atoms with Crippen LogP contribution in [0.2, 0.25) is 0 Å². The summed E-state index contributed by atoms with van der Waals surface area (Å²) in [4.78, 5) is 12.1. The van der Waals surface area contributed by atoms with Crippen LogP contribution in [-0.2, 0) is 11.3 Å². The molecule has 1 heterocycles. The quantitative estimate of drug-likeness (QED) is 0.813. The Labute approximate surface area is 108 Å². The van der Waals surface area contributed by atoms with Gasteiger partial charge in [0.25, 0.3) is 0 Å². The normalized spacial score (nSPS) is 12.6. The molecule has 1 aromatic heterocycles. The van der Waals surface area contributed by atoms with Crippen LogP contribution in [0, 0.1) is 0 Å². The molecule has 0 spiro atoms. The van der Waals surface area contributed by atoms with Crippen molar-refractivity contribution in [3.8, 4) is 0 Å². The van der Waals surface area contributed by atoms with Crippen molar-refractivity contribution in [2.24, 2.45) is 0 Å². The second-order valence-corrected chi connectivity index (χ2v) is 5.56. The van der Waals surface area contributed by atoms with Crippen molar-refractivity contribution in [1.82, 2.24) is 5.32 Å². The van der Waals surface area contributed by atoms with E-state index in [1.807, 2.05) is 11.4 Å². The lowest BCUT2D eigenvalue weighted by atomic mass is 10.1. The van der Waals surface area contributed by atoms with Crippen LogP contribution in [0.4, 0.5) is 0 Å². The molecule has 90 valence electrons. The summed E-state index contributed by atoms with van der Waals surface area (Å²) < 4.78 is 1.05. The van der Waals surface area contributed by atoms with E-state index in [2.05, 4.69) is 28.2 Å². The first kappa shape index (κ1) is 13.7. The fourth-order valence-electron chi connectivity index (χ4n) is 1.39. The van der Waals surface area contributed by atoms with Crippen molar-refractivity contribution < 1.29 is 9.90 Å². The average molecular weight is 306 g/mol. The summed E-state index contributed by atoms with van der Waals surface area (Å²) >= 11 is 5.00. The third-order valence-corrected chi connectivity index (χ3v) is 3.99. The molecule has 16 heavy (non-hydrogen) atoms. The molecule has 0 fully saturated rings. The number of hydrogen-bond acceptors (Lipinski definition) is 3. The van der Waals surface area contributed by atoms with E-state index in [1.165, 1.54) is 0 Å². The van der Waals surface area contributed by atoms with Crippen LogP contribution in [0.25, 0.3) is 0 Å².